The maximum atomic E-state index is 12.9. The van der Waals surface area contributed by atoms with Gasteiger partial charge in [-0.3, -0.25) is 0 Å². The molecule has 32 heavy (non-hydrogen) atoms. The van der Waals surface area contributed by atoms with Crippen molar-refractivity contribution < 1.29 is 23.8 Å². The standard InChI is InChI=1S/C24H27ClN2O5/c1-4-9-18-20(23(28)31-5-2)21(27-24(29)26-18)17-12-16(25)13-19(30-3)22(17)32-14-15-10-7-6-8-11-15/h6-8,10-13,21H,4-5,9,14H2,1-3H3,(H2,26,27,29)/t21-/m1/s1. The van der Waals surface area contributed by atoms with Crippen LogP contribution in [-0.2, 0) is 16.1 Å². The number of carbonyl (C=O) groups excluding carboxylic acids is 2. The molecule has 3 rings (SSSR count). The Balaban J connectivity index is 2.12. The first-order valence-corrected chi connectivity index (χ1v) is 10.9. The minimum absolute atomic E-state index is 0.207. The lowest BCUT2D eigenvalue weighted by Gasteiger charge is -2.31. The minimum atomic E-state index is -0.817. The van der Waals surface area contributed by atoms with Crippen LogP contribution in [0, 0.1) is 0 Å². The van der Waals surface area contributed by atoms with Gasteiger partial charge in [-0.1, -0.05) is 55.3 Å². The second-order valence-corrected chi connectivity index (χ2v) is 7.63. The van der Waals surface area contributed by atoms with Crippen LogP contribution >= 0.6 is 11.6 Å². The van der Waals surface area contributed by atoms with E-state index in [1.165, 1.54) is 7.11 Å². The van der Waals surface area contributed by atoms with Crippen LogP contribution in [0.15, 0.2) is 53.7 Å². The van der Waals surface area contributed by atoms with Crippen LogP contribution in [0.25, 0.3) is 0 Å². The van der Waals surface area contributed by atoms with Gasteiger partial charge in [0.1, 0.15) is 6.61 Å². The van der Waals surface area contributed by atoms with Crippen molar-refractivity contribution in [2.45, 2.75) is 39.3 Å². The summed E-state index contributed by atoms with van der Waals surface area (Å²) in [5.41, 5.74) is 2.31. The highest BCUT2D eigenvalue weighted by molar-refractivity contribution is 6.30. The summed E-state index contributed by atoms with van der Waals surface area (Å²) in [6, 6.07) is 11.7. The molecule has 0 saturated carbocycles. The number of urea groups is 1. The number of methoxy groups -OCH3 is 1. The molecule has 0 radical (unpaired) electrons. The molecule has 0 bridgehead atoms. The average Bonchev–Trinajstić information content (AvgIpc) is 2.78. The first kappa shape index (κ1) is 23.5. The van der Waals surface area contributed by atoms with Crippen LogP contribution in [0.2, 0.25) is 5.02 Å². The summed E-state index contributed by atoms with van der Waals surface area (Å²) >= 11 is 6.36. The van der Waals surface area contributed by atoms with Gasteiger partial charge in [0.05, 0.1) is 25.3 Å². The first-order chi connectivity index (χ1) is 15.5. The van der Waals surface area contributed by atoms with E-state index in [0.717, 1.165) is 12.0 Å². The molecule has 0 unspecified atom stereocenters. The van der Waals surface area contributed by atoms with E-state index in [9.17, 15) is 9.59 Å². The van der Waals surface area contributed by atoms with Crippen molar-refractivity contribution in [3.63, 3.8) is 0 Å². The van der Waals surface area contributed by atoms with E-state index in [2.05, 4.69) is 10.6 Å². The predicted molar refractivity (Wildman–Crippen MR) is 122 cm³/mol. The van der Waals surface area contributed by atoms with Crippen LogP contribution in [-0.4, -0.2) is 25.7 Å². The average molecular weight is 459 g/mol. The molecule has 8 heteroatoms. The summed E-state index contributed by atoms with van der Waals surface area (Å²) in [6.07, 6.45) is 1.25. The summed E-state index contributed by atoms with van der Waals surface area (Å²) < 4.78 is 17.0. The topological polar surface area (TPSA) is 85.9 Å². The molecule has 1 heterocycles. The quantitative estimate of drug-likeness (QED) is 0.522. The molecule has 170 valence electrons. The van der Waals surface area contributed by atoms with Gasteiger partial charge < -0.3 is 24.8 Å². The highest BCUT2D eigenvalue weighted by Gasteiger charge is 2.36. The van der Waals surface area contributed by atoms with Crippen molar-refractivity contribution in [3.05, 3.63) is 69.9 Å². The zero-order chi connectivity index (χ0) is 23.1. The monoisotopic (exact) mass is 458 g/mol. The summed E-state index contributed by atoms with van der Waals surface area (Å²) in [7, 11) is 1.51. The van der Waals surface area contributed by atoms with Crippen molar-refractivity contribution in [2.24, 2.45) is 0 Å². The van der Waals surface area contributed by atoms with Gasteiger partial charge in [0.2, 0.25) is 0 Å². The van der Waals surface area contributed by atoms with Gasteiger partial charge in [-0.2, -0.15) is 0 Å². The summed E-state index contributed by atoms with van der Waals surface area (Å²) in [5.74, 6) is 0.281. The molecule has 0 aromatic heterocycles. The Morgan fingerprint density at radius 3 is 2.56 bits per heavy atom. The third-order valence-electron chi connectivity index (χ3n) is 4.95. The van der Waals surface area contributed by atoms with Crippen molar-refractivity contribution in [2.75, 3.05) is 13.7 Å². The number of hydrogen-bond donors (Lipinski definition) is 2. The molecular formula is C24H27ClN2O5. The fourth-order valence-corrected chi connectivity index (χ4v) is 3.80. The lowest BCUT2D eigenvalue weighted by Crippen LogP contribution is -2.46. The minimum Gasteiger partial charge on any atom is -0.493 e. The van der Waals surface area contributed by atoms with Crippen molar-refractivity contribution >= 4 is 23.6 Å². The number of rotatable bonds is 9. The molecular weight excluding hydrogens is 432 g/mol. The molecule has 7 nitrogen and oxygen atoms in total. The zero-order valence-electron chi connectivity index (χ0n) is 18.4. The largest absolute Gasteiger partial charge is 0.493 e. The van der Waals surface area contributed by atoms with E-state index in [1.807, 2.05) is 37.3 Å². The first-order valence-electron chi connectivity index (χ1n) is 10.5. The SMILES string of the molecule is CCCC1=C(C(=O)OCC)[C@@H](c2cc(Cl)cc(OC)c2OCc2ccccc2)NC(=O)N1. The smallest absolute Gasteiger partial charge is 0.338 e. The molecule has 0 aliphatic carbocycles. The fourth-order valence-electron chi connectivity index (χ4n) is 3.59. The second kappa shape index (κ2) is 10.9. The lowest BCUT2D eigenvalue weighted by molar-refractivity contribution is -0.139. The number of ether oxygens (including phenoxy) is 3. The van der Waals surface area contributed by atoms with Crippen LogP contribution < -0.4 is 20.1 Å². The van der Waals surface area contributed by atoms with Crippen LogP contribution in [0.3, 0.4) is 0 Å². The molecule has 2 amide bonds. The highest BCUT2D eigenvalue weighted by Crippen LogP contribution is 2.42. The summed E-state index contributed by atoms with van der Waals surface area (Å²) in [6.45, 7) is 4.18. The number of allylic oxidation sites excluding steroid dienone is 1. The molecule has 1 aliphatic heterocycles. The number of esters is 1. The molecule has 2 N–H and O–H groups in total. The number of hydrogen-bond acceptors (Lipinski definition) is 5. The number of benzene rings is 2. The number of halogens is 1. The van der Waals surface area contributed by atoms with E-state index >= 15 is 0 Å². The van der Waals surface area contributed by atoms with Gasteiger partial charge in [-0.25, -0.2) is 9.59 Å². The van der Waals surface area contributed by atoms with Crippen LogP contribution in [0.5, 0.6) is 11.5 Å². The Morgan fingerprint density at radius 2 is 1.91 bits per heavy atom. The summed E-state index contributed by atoms with van der Waals surface area (Å²) in [4.78, 5) is 25.4. The number of carbonyl (C=O) groups is 2. The molecule has 1 aliphatic rings. The van der Waals surface area contributed by atoms with E-state index in [4.69, 9.17) is 25.8 Å². The highest BCUT2D eigenvalue weighted by atomic mass is 35.5. The maximum absolute atomic E-state index is 12.9. The maximum Gasteiger partial charge on any atom is 0.338 e. The van der Waals surface area contributed by atoms with Gasteiger partial charge in [-0.15, -0.1) is 0 Å². The Labute approximate surface area is 192 Å². The van der Waals surface area contributed by atoms with E-state index in [0.29, 0.717) is 39.8 Å². The molecule has 0 saturated heterocycles. The Morgan fingerprint density at radius 1 is 1.16 bits per heavy atom. The Bertz CT molecular complexity index is 1010. The van der Waals surface area contributed by atoms with Gasteiger partial charge in [-0.05, 0) is 25.0 Å². The van der Waals surface area contributed by atoms with E-state index < -0.39 is 18.0 Å². The van der Waals surface area contributed by atoms with Crippen molar-refractivity contribution in [1.82, 2.24) is 10.6 Å². The number of amides is 2. The van der Waals surface area contributed by atoms with Crippen LogP contribution in [0.4, 0.5) is 4.79 Å². The normalized spacial score (nSPS) is 15.6. The van der Waals surface area contributed by atoms with E-state index in [1.54, 1.807) is 19.1 Å². The molecule has 2 aromatic carbocycles. The third-order valence-corrected chi connectivity index (χ3v) is 5.17. The lowest BCUT2D eigenvalue weighted by atomic mass is 9.92. The zero-order valence-corrected chi connectivity index (χ0v) is 19.1. The molecule has 0 fully saturated rings. The third kappa shape index (κ3) is 5.34. The second-order valence-electron chi connectivity index (χ2n) is 7.19. The van der Waals surface area contributed by atoms with Gasteiger partial charge in [0.25, 0.3) is 0 Å². The van der Waals surface area contributed by atoms with Crippen molar-refractivity contribution in [1.29, 1.82) is 0 Å². The summed E-state index contributed by atoms with van der Waals surface area (Å²) in [5, 5.41) is 5.96. The van der Waals surface area contributed by atoms with Gasteiger partial charge in [0.15, 0.2) is 11.5 Å². The number of nitrogens with one attached hydrogen (secondary N) is 2. The van der Waals surface area contributed by atoms with Gasteiger partial charge in [0, 0.05) is 22.3 Å². The predicted octanol–water partition coefficient (Wildman–Crippen LogP) is 4.90. The fraction of sp³-hybridized carbons (Fsp3) is 0.333. The molecule has 0 spiro atoms. The van der Waals surface area contributed by atoms with Crippen LogP contribution in [0.1, 0.15) is 43.9 Å². The Hall–Kier alpha value is -3.19. The molecule has 1 atom stereocenters. The van der Waals surface area contributed by atoms with Crippen molar-refractivity contribution in [3.8, 4) is 11.5 Å². The molecule has 2 aromatic rings. The van der Waals surface area contributed by atoms with E-state index in [-0.39, 0.29) is 13.2 Å². The van der Waals surface area contributed by atoms with Gasteiger partial charge >= 0.3 is 12.0 Å². The Kier molecular flexibility index (Phi) is 8.00.